The van der Waals surface area contributed by atoms with Gasteiger partial charge in [-0.1, -0.05) is 0 Å². The van der Waals surface area contributed by atoms with Crippen LogP contribution in [0.4, 0.5) is 0 Å². The molecule has 2 atom stereocenters. The van der Waals surface area contributed by atoms with Gasteiger partial charge >= 0.3 is 12.9 Å². The van der Waals surface area contributed by atoms with Crippen LogP contribution in [0.25, 0.3) is 0 Å². The van der Waals surface area contributed by atoms with Crippen molar-refractivity contribution in [2.24, 2.45) is 5.73 Å². The van der Waals surface area contributed by atoms with Crippen molar-refractivity contribution in [3.05, 3.63) is 0 Å². The molecule has 0 aliphatic carbocycles. The Labute approximate surface area is 90.4 Å². The van der Waals surface area contributed by atoms with Crippen LogP contribution in [0.2, 0.25) is 12.1 Å². The van der Waals surface area contributed by atoms with E-state index in [0.717, 1.165) is 0 Å². The molecular formula is C9H18BNO4. The lowest BCUT2D eigenvalue weighted by Crippen LogP contribution is -2.29. The highest BCUT2D eigenvalue weighted by Crippen LogP contribution is 2.34. The van der Waals surface area contributed by atoms with Gasteiger partial charge in [-0.25, -0.2) is 0 Å². The van der Waals surface area contributed by atoms with Gasteiger partial charge in [0.2, 0.25) is 0 Å². The number of hydrogen-bond donors (Lipinski definition) is 1. The van der Waals surface area contributed by atoms with Crippen LogP contribution in [0.3, 0.4) is 0 Å². The van der Waals surface area contributed by atoms with Crippen molar-refractivity contribution in [1.82, 2.24) is 0 Å². The lowest BCUT2D eigenvalue weighted by Gasteiger charge is -2.13. The largest absolute Gasteiger partial charge is 0.466 e. The maximum atomic E-state index is 11.6. The monoisotopic (exact) mass is 215 g/mol. The summed E-state index contributed by atoms with van der Waals surface area (Å²) < 4.78 is 15.5. The van der Waals surface area contributed by atoms with Crippen LogP contribution in [-0.4, -0.2) is 39.4 Å². The van der Waals surface area contributed by atoms with E-state index in [1.54, 1.807) is 14.0 Å². The van der Waals surface area contributed by atoms with E-state index in [0.29, 0.717) is 19.3 Å². The van der Waals surface area contributed by atoms with Crippen molar-refractivity contribution >= 4 is 12.9 Å². The number of hydrogen-bond acceptors (Lipinski definition) is 5. The van der Waals surface area contributed by atoms with Crippen LogP contribution in [-0.2, 0) is 18.9 Å². The number of carbonyl (C=O) groups excluding carboxylic acids is 1. The third-order valence-electron chi connectivity index (χ3n) is 2.69. The summed E-state index contributed by atoms with van der Waals surface area (Å²) in [5.41, 5.74) is 5.32. The minimum Gasteiger partial charge on any atom is -0.466 e. The van der Waals surface area contributed by atoms with Crippen molar-refractivity contribution in [1.29, 1.82) is 0 Å². The van der Waals surface area contributed by atoms with Crippen LogP contribution in [0, 0.1) is 0 Å². The third kappa shape index (κ3) is 3.19. The minimum atomic E-state index is -0.238. The zero-order valence-electron chi connectivity index (χ0n) is 9.27. The van der Waals surface area contributed by atoms with E-state index in [2.05, 4.69) is 0 Å². The fourth-order valence-corrected chi connectivity index (χ4v) is 1.95. The molecule has 1 aliphatic heterocycles. The van der Waals surface area contributed by atoms with Crippen LogP contribution in [0.1, 0.15) is 13.3 Å². The first-order valence-corrected chi connectivity index (χ1v) is 5.24. The van der Waals surface area contributed by atoms with E-state index >= 15 is 0 Å². The number of esters is 1. The first-order chi connectivity index (χ1) is 7.22. The number of carbonyl (C=O) groups is 1. The van der Waals surface area contributed by atoms with Gasteiger partial charge in [0, 0.05) is 7.11 Å². The van der Waals surface area contributed by atoms with Gasteiger partial charge < -0.3 is 19.9 Å². The quantitative estimate of drug-likeness (QED) is 0.404. The molecule has 1 rings (SSSR count). The summed E-state index contributed by atoms with van der Waals surface area (Å²) in [6.45, 7) is 2.14. The molecule has 2 N–H and O–H groups in total. The van der Waals surface area contributed by atoms with Crippen LogP contribution < -0.4 is 5.73 Å². The maximum absolute atomic E-state index is 11.6. The van der Waals surface area contributed by atoms with E-state index in [1.165, 1.54) is 0 Å². The van der Waals surface area contributed by atoms with Crippen molar-refractivity contribution in [2.45, 2.75) is 31.6 Å². The van der Waals surface area contributed by atoms with Gasteiger partial charge in [0.05, 0.1) is 25.3 Å². The Kier molecular flexibility index (Phi) is 5.07. The second-order valence-corrected chi connectivity index (χ2v) is 3.56. The van der Waals surface area contributed by atoms with Gasteiger partial charge in [0.15, 0.2) is 0 Å². The molecule has 0 aromatic rings. The minimum absolute atomic E-state index is 0.0657. The molecule has 0 saturated carbocycles. The first kappa shape index (κ1) is 12.5. The molecule has 5 nitrogen and oxygen atoms in total. The van der Waals surface area contributed by atoms with E-state index < -0.39 is 0 Å². The van der Waals surface area contributed by atoms with Gasteiger partial charge in [-0.15, -0.1) is 0 Å². The van der Waals surface area contributed by atoms with Crippen LogP contribution in [0.5, 0.6) is 0 Å². The number of methoxy groups -OCH3 is 1. The van der Waals surface area contributed by atoms with Gasteiger partial charge in [0.25, 0.3) is 0 Å². The van der Waals surface area contributed by atoms with Crippen molar-refractivity contribution in [2.75, 3.05) is 20.4 Å². The molecule has 0 amide bonds. The molecule has 15 heavy (non-hydrogen) atoms. The normalized spacial score (nSPS) is 25.7. The summed E-state index contributed by atoms with van der Waals surface area (Å²) in [4.78, 5) is 11.6. The smallest absolute Gasteiger partial charge is 0.311 e. The Hall–Kier alpha value is -0.585. The number of rotatable bonds is 5. The second-order valence-electron chi connectivity index (χ2n) is 3.56. The standard InChI is InChI=1S/C9H18BNO4/c1-3-14-9(12)8-4-7(13-2)5-10(8)15-6-11/h7-8H,3-6,11H2,1-2H3/t7-,8+/m1/s1. The Morgan fingerprint density at radius 1 is 1.60 bits per heavy atom. The lowest BCUT2D eigenvalue weighted by atomic mass is 9.58. The summed E-state index contributed by atoms with van der Waals surface area (Å²) in [6.07, 6.45) is 1.42. The predicted octanol–water partition coefficient (Wildman–Crippen LogP) is 0.263. The number of nitrogens with two attached hydrogens (primary N) is 1. The highest BCUT2D eigenvalue weighted by molar-refractivity contribution is 6.59. The Balaban J connectivity index is 2.55. The maximum Gasteiger partial charge on any atom is 0.311 e. The average Bonchev–Trinajstić information content (AvgIpc) is 2.62. The fourth-order valence-electron chi connectivity index (χ4n) is 1.95. The molecule has 0 radical (unpaired) electrons. The highest BCUT2D eigenvalue weighted by Gasteiger charge is 2.44. The van der Waals surface area contributed by atoms with Gasteiger partial charge in [-0.2, -0.15) is 0 Å². The summed E-state index contributed by atoms with van der Waals surface area (Å²) in [5, 5.41) is 0. The molecule has 1 aliphatic rings. The summed E-state index contributed by atoms with van der Waals surface area (Å²) >= 11 is 0. The van der Waals surface area contributed by atoms with Gasteiger partial charge in [-0.05, 0) is 19.7 Å². The molecule has 0 aromatic carbocycles. The number of ether oxygens (including phenoxy) is 2. The molecule has 1 saturated heterocycles. The fraction of sp³-hybridized carbons (Fsp3) is 0.889. The Morgan fingerprint density at radius 2 is 2.33 bits per heavy atom. The van der Waals surface area contributed by atoms with E-state index in [-0.39, 0.29) is 31.5 Å². The van der Waals surface area contributed by atoms with Crippen LogP contribution in [0.15, 0.2) is 0 Å². The van der Waals surface area contributed by atoms with Crippen molar-refractivity contribution < 1.29 is 18.9 Å². The molecule has 1 fully saturated rings. The molecular weight excluding hydrogens is 197 g/mol. The van der Waals surface area contributed by atoms with Crippen molar-refractivity contribution in [3.63, 3.8) is 0 Å². The van der Waals surface area contributed by atoms with Gasteiger partial charge in [-0.3, -0.25) is 4.79 Å². The highest BCUT2D eigenvalue weighted by atomic mass is 16.5. The summed E-state index contributed by atoms with van der Waals surface area (Å²) in [7, 11) is 1.64. The van der Waals surface area contributed by atoms with Crippen LogP contribution >= 0.6 is 0 Å². The molecule has 0 spiro atoms. The summed E-state index contributed by atoms with van der Waals surface area (Å²) in [6, 6.07) is 0. The zero-order chi connectivity index (χ0) is 11.3. The molecule has 0 unspecified atom stereocenters. The van der Waals surface area contributed by atoms with Crippen molar-refractivity contribution in [3.8, 4) is 0 Å². The molecule has 86 valence electrons. The Morgan fingerprint density at radius 3 is 2.87 bits per heavy atom. The van der Waals surface area contributed by atoms with E-state index in [1.807, 2.05) is 0 Å². The molecule has 6 heteroatoms. The first-order valence-electron chi connectivity index (χ1n) is 5.24. The van der Waals surface area contributed by atoms with E-state index in [4.69, 9.17) is 19.9 Å². The second kappa shape index (κ2) is 6.10. The predicted molar refractivity (Wildman–Crippen MR) is 56.5 cm³/mol. The molecule has 0 bridgehead atoms. The van der Waals surface area contributed by atoms with Gasteiger partial charge in [0.1, 0.15) is 0 Å². The zero-order valence-corrected chi connectivity index (χ0v) is 9.27. The topological polar surface area (TPSA) is 70.8 Å². The SMILES string of the molecule is CCOC(=O)[C@@H]1C[C@@H](OC)CB1OCN. The Bertz CT molecular complexity index is 214. The average molecular weight is 215 g/mol. The summed E-state index contributed by atoms with van der Waals surface area (Å²) in [5.74, 6) is -0.450. The third-order valence-corrected chi connectivity index (χ3v) is 2.69. The lowest BCUT2D eigenvalue weighted by molar-refractivity contribution is -0.143. The van der Waals surface area contributed by atoms with E-state index in [9.17, 15) is 4.79 Å². The molecule has 1 heterocycles. The molecule has 0 aromatic heterocycles.